The molecule has 1 aromatic rings. The lowest BCUT2D eigenvalue weighted by atomic mass is 10.2. The second-order valence-corrected chi connectivity index (χ2v) is 2.18. The highest BCUT2D eigenvalue weighted by Gasteiger charge is 2.09. The van der Waals surface area contributed by atoms with Crippen molar-refractivity contribution in [1.82, 2.24) is 0 Å². The van der Waals surface area contributed by atoms with Gasteiger partial charge in [-0.1, -0.05) is 30.3 Å². The van der Waals surface area contributed by atoms with Crippen LogP contribution >= 0.6 is 0 Å². The molecule has 0 aliphatic carbocycles. The van der Waals surface area contributed by atoms with Crippen molar-refractivity contribution in [1.29, 1.82) is 0 Å². The Hall–Kier alpha value is -1.35. The molecule has 63 valence electrons. The van der Waals surface area contributed by atoms with E-state index in [1.54, 1.807) is 0 Å². The standard InChI is InChI=1S/C9H9O3/c1-11-9(12-7-10)8-5-3-2-4-6-8/h2-6,9H,1H3. The molecule has 0 amide bonds. The highest BCUT2D eigenvalue weighted by Crippen LogP contribution is 2.15. The van der Waals surface area contributed by atoms with Gasteiger partial charge in [0.2, 0.25) is 6.29 Å². The van der Waals surface area contributed by atoms with Crippen molar-refractivity contribution in [2.75, 3.05) is 7.11 Å². The number of hydrogen-bond acceptors (Lipinski definition) is 3. The van der Waals surface area contributed by atoms with E-state index in [4.69, 9.17) is 4.74 Å². The minimum Gasteiger partial charge on any atom is -0.423 e. The molecule has 0 spiro atoms. The Labute approximate surface area is 70.9 Å². The Morgan fingerprint density at radius 2 is 2.00 bits per heavy atom. The minimum absolute atomic E-state index is 0.649. The highest BCUT2D eigenvalue weighted by atomic mass is 16.7. The quantitative estimate of drug-likeness (QED) is 0.633. The molecule has 0 aliphatic rings. The van der Waals surface area contributed by atoms with Crippen molar-refractivity contribution < 1.29 is 14.3 Å². The van der Waals surface area contributed by atoms with Gasteiger partial charge in [-0.15, -0.1) is 0 Å². The third-order valence-electron chi connectivity index (χ3n) is 1.44. The lowest BCUT2D eigenvalue weighted by molar-refractivity contribution is -0.0666. The molecule has 0 aromatic heterocycles. The summed E-state index contributed by atoms with van der Waals surface area (Å²) in [5.41, 5.74) is 0.795. The molecule has 0 saturated heterocycles. The summed E-state index contributed by atoms with van der Waals surface area (Å²) < 4.78 is 9.44. The molecule has 3 heteroatoms. The van der Waals surface area contributed by atoms with Crippen LogP contribution < -0.4 is 0 Å². The predicted molar refractivity (Wildman–Crippen MR) is 43.0 cm³/mol. The van der Waals surface area contributed by atoms with Crippen molar-refractivity contribution in [3.63, 3.8) is 0 Å². The normalized spacial score (nSPS) is 12.1. The molecule has 0 fully saturated rings. The third-order valence-corrected chi connectivity index (χ3v) is 1.44. The zero-order chi connectivity index (χ0) is 8.81. The lowest BCUT2D eigenvalue weighted by Crippen LogP contribution is -2.04. The van der Waals surface area contributed by atoms with Gasteiger partial charge in [0, 0.05) is 12.7 Å². The van der Waals surface area contributed by atoms with Gasteiger partial charge in [0.25, 0.3) is 0 Å². The highest BCUT2D eigenvalue weighted by molar-refractivity contribution is 5.39. The van der Waals surface area contributed by atoms with Gasteiger partial charge in [-0.25, -0.2) is 4.79 Å². The van der Waals surface area contributed by atoms with Crippen molar-refractivity contribution in [2.45, 2.75) is 6.29 Å². The van der Waals surface area contributed by atoms with E-state index in [9.17, 15) is 4.79 Å². The monoisotopic (exact) mass is 165 g/mol. The number of benzene rings is 1. The average molecular weight is 165 g/mol. The number of methoxy groups -OCH3 is 1. The van der Waals surface area contributed by atoms with Crippen LogP contribution in [0.15, 0.2) is 30.3 Å². The SMILES string of the molecule is COC(O[C]=O)c1ccccc1. The average Bonchev–Trinajstić information content (AvgIpc) is 2.15. The van der Waals surface area contributed by atoms with Crippen molar-refractivity contribution >= 4 is 6.47 Å². The van der Waals surface area contributed by atoms with E-state index in [1.165, 1.54) is 13.6 Å². The molecule has 0 saturated carbocycles. The van der Waals surface area contributed by atoms with Crippen molar-refractivity contribution in [2.24, 2.45) is 0 Å². The number of ether oxygens (including phenoxy) is 2. The van der Waals surface area contributed by atoms with Gasteiger partial charge in [-0.2, -0.15) is 0 Å². The first-order valence-electron chi connectivity index (χ1n) is 3.49. The van der Waals surface area contributed by atoms with Crippen LogP contribution in [0.5, 0.6) is 0 Å². The lowest BCUT2D eigenvalue weighted by Gasteiger charge is -2.11. The molecule has 12 heavy (non-hydrogen) atoms. The maximum absolute atomic E-state index is 9.92. The van der Waals surface area contributed by atoms with Crippen LogP contribution in [0.4, 0.5) is 0 Å². The summed E-state index contributed by atoms with van der Waals surface area (Å²) in [5.74, 6) is 0. The van der Waals surface area contributed by atoms with Crippen LogP contribution in [-0.2, 0) is 14.3 Å². The first kappa shape index (κ1) is 8.74. The summed E-state index contributed by atoms with van der Waals surface area (Å²) in [4.78, 5) is 9.92. The van der Waals surface area contributed by atoms with E-state index in [-0.39, 0.29) is 0 Å². The van der Waals surface area contributed by atoms with Crippen molar-refractivity contribution in [3.8, 4) is 0 Å². The van der Waals surface area contributed by atoms with Gasteiger partial charge in [-0.05, 0) is 0 Å². The van der Waals surface area contributed by atoms with E-state index >= 15 is 0 Å². The summed E-state index contributed by atoms with van der Waals surface area (Å²) in [6.45, 7) is 1.34. The van der Waals surface area contributed by atoms with Gasteiger partial charge in [0.05, 0.1) is 0 Å². The van der Waals surface area contributed by atoms with Gasteiger partial charge in [-0.3, -0.25) is 0 Å². The maximum atomic E-state index is 9.92. The zero-order valence-corrected chi connectivity index (χ0v) is 6.69. The molecule has 0 N–H and O–H groups in total. The summed E-state index contributed by atoms with van der Waals surface area (Å²) in [6, 6.07) is 9.18. The second kappa shape index (κ2) is 4.51. The topological polar surface area (TPSA) is 35.5 Å². The van der Waals surface area contributed by atoms with Crippen LogP contribution in [0.3, 0.4) is 0 Å². The Morgan fingerprint density at radius 1 is 1.33 bits per heavy atom. The van der Waals surface area contributed by atoms with Gasteiger partial charge in [0.1, 0.15) is 0 Å². The summed E-state index contributed by atoms with van der Waals surface area (Å²) in [6.07, 6.45) is -0.649. The summed E-state index contributed by atoms with van der Waals surface area (Å²) >= 11 is 0. The number of rotatable bonds is 4. The number of hydrogen-bond donors (Lipinski definition) is 0. The van der Waals surface area contributed by atoms with Crippen LogP contribution in [0.2, 0.25) is 0 Å². The van der Waals surface area contributed by atoms with Crippen LogP contribution in [-0.4, -0.2) is 13.6 Å². The molecule has 0 aliphatic heterocycles. The largest absolute Gasteiger partial charge is 0.423 e. The second-order valence-electron chi connectivity index (χ2n) is 2.18. The van der Waals surface area contributed by atoms with Gasteiger partial charge >= 0.3 is 6.47 Å². The molecular weight excluding hydrogens is 156 g/mol. The zero-order valence-electron chi connectivity index (χ0n) is 6.69. The molecule has 0 bridgehead atoms. The van der Waals surface area contributed by atoms with E-state index in [2.05, 4.69) is 4.74 Å². The van der Waals surface area contributed by atoms with E-state index in [1.807, 2.05) is 30.3 Å². The van der Waals surface area contributed by atoms with E-state index < -0.39 is 6.29 Å². The Morgan fingerprint density at radius 3 is 2.50 bits per heavy atom. The molecule has 3 nitrogen and oxygen atoms in total. The van der Waals surface area contributed by atoms with Crippen molar-refractivity contribution in [3.05, 3.63) is 35.9 Å². The van der Waals surface area contributed by atoms with Gasteiger partial charge < -0.3 is 9.47 Å². The molecule has 1 radical (unpaired) electrons. The fourth-order valence-corrected chi connectivity index (χ4v) is 0.906. The van der Waals surface area contributed by atoms with E-state index in [0.29, 0.717) is 0 Å². The van der Waals surface area contributed by atoms with Crippen LogP contribution in [0.25, 0.3) is 0 Å². The first-order valence-corrected chi connectivity index (χ1v) is 3.49. The minimum atomic E-state index is -0.649. The van der Waals surface area contributed by atoms with Crippen LogP contribution in [0, 0.1) is 0 Å². The first-order chi connectivity index (χ1) is 5.88. The molecule has 1 aromatic carbocycles. The summed E-state index contributed by atoms with van der Waals surface area (Å²) in [7, 11) is 1.47. The molecule has 1 rings (SSSR count). The molecule has 1 atom stereocenters. The van der Waals surface area contributed by atoms with Crippen LogP contribution in [0.1, 0.15) is 11.9 Å². The molecule has 0 heterocycles. The molecular formula is C9H9O3. The smallest absolute Gasteiger partial charge is 0.420 e. The summed E-state index contributed by atoms with van der Waals surface area (Å²) in [5, 5.41) is 0. The maximum Gasteiger partial charge on any atom is 0.420 e. The van der Waals surface area contributed by atoms with Gasteiger partial charge in [0.15, 0.2) is 0 Å². The Kier molecular flexibility index (Phi) is 3.29. The fraction of sp³-hybridized carbons (Fsp3) is 0.222. The number of carbonyl (C=O) groups excluding carboxylic acids is 1. The van der Waals surface area contributed by atoms with E-state index in [0.717, 1.165) is 5.56 Å². The third kappa shape index (κ3) is 2.07. The Bertz CT molecular complexity index is 233. The Balaban J connectivity index is 2.72. The predicted octanol–water partition coefficient (Wildman–Crippen LogP) is 1.42. The fourth-order valence-electron chi connectivity index (χ4n) is 0.906. The molecule has 1 unspecified atom stereocenters.